The molecule has 0 saturated carbocycles. The SMILES string of the molecule is Cc1cscc1C(N)c1ccc(F)c(Br)c1. The van der Waals surface area contributed by atoms with Crippen LogP contribution in [0.2, 0.25) is 0 Å². The number of benzene rings is 1. The van der Waals surface area contributed by atoms with Gasteiger partial charge in [0.2, 0.25) is 0 Å². The number of aryl methyl sites for hydroxylation is 1. The highest BCUT2D eigenvalue weighted by Crippen LogP contribution is 2.28. The van der Waals surface area contributed by atoms with Crippen LogP contribution in [0.4, 0.5) is 4.39 Å². The van der Waals surface area contributed by atoms with E-state index < -0.39 is 0 Å². The van der Waals surface area contributed by atoms with Crippen molar-refractivity contribution in [3.8, 4) is 0 Å². The normalized spacial score (nSPS) is 12.8. The van der Waals surface area contributed by atoms with Gasteiger partial charge in [-0.3, -0.25) is 0 Å². The maximum atomic E-state index is 13.1. The minimum Gasteiger partial charge on any atom is -0.320 e. The highest BCUT2D eigenvalue weighted by atomic mass is 79.9. The van der Waals surface area contributed by atoms with Crippen molar-refractivity contribution in [2.24, 2.45) is 5.73 Å². The lowest BCUT2D eigenvalue weighted by molar-refractivity contribution is 0.619. The molecule has 0 amide bonds. The van der Waals surface area contributed by atoms with Gasteiger partial charge in [-0.1, -0.05) is 6.07 Å². The monoisotopic (exact) mass is 299 g/mol. The van der Waals surface area contributed by atoms with Gasteiger partial charge >= 0.3 is 0 Å². The number of hydrogen-bond acceptors (Lipinski definition) is 2. The molecule has 1 aromatic heterocycles. The molecule has 4 heteroatoms. The lowest BCUT2D eigenvalue weighted by Gasteiger charge is -2.12. The van der Waals surface area contributed by atoms with Crippen molar-refractivity contribution < 1.29 is 4.39 Å². The summed E-state index contributed by atoms with van der Waals surface area (Å²) in [5.74, 6) is -0.266. The van der Waals surface area contributed by atoms with Gasteiger partial charge in [0, 0.05) is 0 Å². The van der Waals surface area contributed by atoms with E-state index in [1.807, 2.05) is 12.3 Å². The summed E-state index contributed by atoms with van der Waals surface area (Å²) in [7, 11) is 0. The zero-order valence-corrected chi connectivity index (χ0v) is 11.1. The van der Waals surface area contributed by atoms with Gasteiger partial charge < -0.3 is 5.73 Å². The third kappa shape index (κ3) is 2.19. The molecular formula is C12H11BrFNS. The second-order valence-electron chi connectivity index (χ2n) is 3.66. The van der Waals surface area contributed by atoms with Crippen molar-refractivity contribution in [1.29, 1.82) is 0 Å². The average Bonchev–Trinajstić information content (AvgIpc) is 2.67. The summed E-state index contributed by atoms with van der Waals surface area (Å²) in [5, 5.41) is 4.10. The van der Waals surface area contributed by atoms with Crippen molar-refractivity contribution in [2.45, 2.75) is 13.0 Å². The second kappa shape index (κ2) is 4.65. The molecule has 0 aliphatic heterocycles. The van der Waals surface area contributed by atoms with Crippen LogP contribution in [0.5, 0.6) is 0 Å². The third-order valence-corrected chi connectivity index (χ3v) is 4.02. The second-order valence-corrected chi connectivity index (χ2v) is 5.26. The van der Waals surface area contributed by atoms with E-state index in [2.05, 4.69) is 21.3 Å². The summed E-state index contributed by atoms with van der Waals surface area (Å²) < 4.78 is 13.6. The minimum absolute atomic E-state index is 0.192. The predicted octanol–water partition coefficient (Wildman–Crippen LogP) is 4.01. The van der Waals surface area contributed by atoms with Crippen LogP contribution >= 0.6 is 27.3 Å². The standard InChI is InChI=1S/C12H11BrFNS/c1-7-5-16-6-9(7)12(15)8-2-3-11(14)10(13)4-8/h2-6,12H,15H2,1H3. The predicted molar refractivity (Wildman–Crippen MR) is 69.2 cm³/mol. The van der Waals surface area contributed by atoms with Crippen LogP contribution in [-0.2, 0) is 0 Å². The molecule has 0 aliphatic carbocycles. The molecule has 2 rings (SSSR count). The summed E-state index contributed by atoms with van der Waals surface area (Å²) in [6.07, 6.45) is 0. The Hall–Kier alpha value is -0.710. The van der Waals surface area contributed by atoms with Gasteiger partial charge in [0.25, 0.3) is 0 Å². The Balaban J connectivity index is 2.38. The first-order chi connectivity index (χ1) is 7.59. The number of hydrogen-bond donors (Lipinski definition) is 1. The Morgan fingerprint density at radius 1 is 1.38 bits per heavy atom. The first-order valence-corrected chi connectivity index (χ1v) is 6.56. The van der Waals surface area contributed by atoms with E-state index in [-0.39, 0.29) is 11.9 Å². The van der Waals surface area contributed by atoms with Crippen LogP contribution in [0.25, 0.3) is 0 Å². The topological polar surface area (TPSA) is 26.0 Å². The van der Waals surface area contributed by atoms with Gasteiger partial charge in [-0.2, -0.15) is 11.3 Å². The van der Waals surface area contributed by atoms with Gasteiger partial charge in [-0.25, -0.2) is 4.39 Å². The van der Waals surface area contributed by atoms with Crippen LogP contribution in [0.3, 0.4) is 0 Å². The maximum absolute atomic E-state index is 13.1. The smallest absolute Gasteiger partial charge is 0.137 e. The summed E-state index contributed by atoms with van der Waals surface area (Å²) in [4.78, 5) is 0. The Morgan fingerprint density at radius 3 is 2.69 bits per heavy atom. The van der Waals surface area contributed by atoms with Crippen LogP contribution < -0.4 is 5.73 Å². The van der Waals surface area contributed by atoms with E-state index in [4.69, 9.17) is 5.73 Å². The number of rotatable bonds is 2. The lowest BCUT2D eigenvalue weighted by atomic mass is 9.99. The molecule has 1 nitrogen and oxygen atoms in total. The van der Waals surface area contributed by atoms with Crippen LogP contribution in [0.1, 0.15) is 22.7 Å². The molecule has 1 aromatic carbocycles. The summed E-state index contributed by atoms with van der Waals surface area (Å²) >= 11 is 4.80. The quantitative estimate of drug-likeness (QED) is 0.891. The van der Waals surface area contributed by atoms with Crippen molar-refractivity contribution in [3.63, 3.8) is 0 Å². The maximum Gasteiger partial charge on any atom is 0.137 e. The fraction of sp³-hybridized carbons (Fsp3) is 0.167. The largest absolute Gasteiger partial charge is 0.320 e. The van der Waals surface area contributed by atoms with Crippen molar-refractivity contribution >= 4 is 27.3 Å². The van der Waals surface area contributed by atoms with E-state index in [1.165, 1.54) is 11.6 Å². The van der Waals surface area contributed by atoms with Crippen molar-refractivity contribution in [3.05, 3.63) is 55.9 Å². The zero-order chi connectivity index (χ0) is 11.7. The minimum atomic E-state index is -0.266. The van der Waals surface area contributed by atoms with E-state index >= 15 is 0 Å². The van der Waals surface area contributed by atoms with E-state index in [0.717, 1.165) is 11.1 Å². The van der Waals surface area contributed by atoms with Crippen molar-refractivity contribution in [2.75, 3.05) is 0 Å². The molecule has 0 bridgehead atoms. The molecule has 84 valence electrons. The van der Waals surface area contributed by atoms with E-state index in [0.29, 0.717) is 4.47 Å². The molecule has 0 saturated heterocycles. The molecule has 0 fully saturated rings. The molecule has 1 unspecified atom stereocenters. The van der Waals surface area contributed by atoms with E-state index in [1.54, 1.807) is 23.5 Å². The van der Waals surface area contributed by atoms with Crippen LogP contribution in [0.15, 0.2) is 33.4 Å². The van der Waals surface area contributed by atoms with Gasteiger partial charge in [-0.15, -0.1) is 0 Å². The van der Waals surface area contributed by atoms with Gasteiger partial charge in [0.1, 0.15) is 5.82 Å². The Kier molecular flexibility index (Phi) is 3.42. The van der Waals surface area contributed by atoms with Crippen LogP contribution in [0, 0.1) is 12.7 Å². The number of nitrogens with two attached hydrogens (primary N) is 1. The fourth-order valence-electron chi connectivity index (χ4n) is 1.57. The molecule has 1 atom stereocenters. The highest BCUT2D eigenvalue weighted by Gasteiger charge is 2.13. The van der Waals surface area contributed by atoms with Gasteiger partial charge in [0.15, 0.2) is 0 Å². The Morgan fingerprint density at radius 2 is 2.12 bits per heavy atom. The Bertz CT molecular complexity index is 509. The molecule has 0 radical (unpaired) electrons. The molecule has 0 aliphatic rings. The van der Waals surface area contributed by atoms with E-state index in [9.17, 15) is 4.39 Å². The molecule has 1 heterocycles. The number of thiophene rings is 1. The highest BCUT2D eigenvalue weighted by molar-refractivity contribution is 9.10. The summed E-state index contributed by atoms with van der Waals surface area (Å²) in [6, 6.07) is 4.70. The number of halogens is 2. The van der Waals surface area contributed by atoms with Crippen LogP contribution in [-0.4, -0.2) is 0 Å². The zero-order valence-electron chi connectivity index (χ0n) is 8.71. The first kappa shape index (κ1) is 11.8. The molecule has 16 heavy (non-hydrogen) atoms. The molecular weight excluding hydrogens is 289 g/mol. The lowest BCUT2D eigenvalue weighted by Crippen LogP contribution is -2.12. The summed E-state index contributed by atoms with van der Waals surface area (Å²) in [5.41, 5.74) is 9.33. The summed E-state index contributed by atoms with van der Waals surface area (Å²) in [6.45, 7) is 2.03. The fourth-order valence-corrected chi connectivity index (χ4v) is 2.86. The molecule has 0 spiro atoms. The molecule has 2 aromatic rings. The third-order valence-electron chi connectivity index (χ3n) is 2.53. The average molecular weight is 300 g/mol. The first-order valence-electron chi connectivity index (χ1n) is 4.83. The Labute approximate surface area is 106 Å². The van der Waals surface area contributed by atoms with Crippen molar-refractivity contribution in [1.82, 2.24) is 0 Å². The van der Waals surface area contributed by atoms with Gasteiger partial charge in [-0.05, 0) is 62.4 Å². The van der Waals surface area contributed by atoms with Gasteiger partial charge in [0.05, 0.1) is 10.5 Å². The molecule has 2 N–H and O–H groups in total.